The van der Waals surface area contributed by atoms with Crippen molar-refractivity contribution in [1.29, 1.82) is 0 Å². The molecule has 1 amide bonds. The number of hydrogen-bond acceptors (Lipinski definition) is 5. The first-order valence-corrected chi connectivity index (χ1v) is 10.5. The largest absolute Gasteiger partial charge is 0.497 e. The van der Waals surface area contributed by atoms with E-state index >= 15 is 0 Å². The second-order valence-corrected chi connectivity index (χ2v) is 7.74. The molecule has 0 aliphatic heterocycles. The maximum Gasteiger partial charge on any atom is 0.228 e. The summed E-state index contributed by atoms with van der Waals surface area (Å²) in [4.78, 5) is 19.6. The quantitative estimate of drug-likeness (QED) is 0.544. The number of benzene rings is 2. The molecule has 6 heteroatoms. The molecular weight excluding hydrogens is 378 g/mol. The fraction of sp³-hybridized carbons (Fsp3) is 0.375. The summed E-state index contributed by atoms with van der Waals surface area (Å²) in [7, 11) is 1.63. The summed E-state index contributed by atoms with van der Waals surface area (Å²) >= 11 is 0. The van der Waals surface area contributed by atoms with Gasteiger partial charge in [0, 0.05) is 24.4 Å². The van der Waals surface area contributed by atoms with Crippen molar-refractivity contribution in [1.82, 2.24) is 15.0 Å². The van der Waals surface area contributed by atoms with Gasteiger partial charge in [0.05, 0.1) is 13.2 Å². The van der Waals surface area contributed by atoms with Crippen molar-refractivity contribution in [2.45, 2.75) is 38.6 Å². The van der Waals surface area contributed by atoms with Crippen LogP contribution < -0.4 is 4.74 Å². The topological polar surface area (TPSA) is 68.5 Å². The standard InChI is InChI=1S/C24H27N3O3/c1-17(18-7-4-3-5-8-18)27(24(28)20-9-6-10-20)16-15-22-25-23(26-30-22)19-11-13-21(29-2)14-12-19/h3-5,7-8,11-14,17,20H,6,9-10,15-16H2,1-2H3/t17-/m1/s1. The number of nitrogens with zero attached hydrogens (tertiary/aromatic N) is 3. The van der Waals surface area contributed by atoms with Gasteiger partial charge >= 0.3 is 0 Å². The number of carbonyl (C=O) groups is 1. The van der Waals surface area contributed by atoms with Crippen LogP contribution in [0.2, 0.25) is 0 Å². The molecule has 1 saturated carbocycles. The third-order valence-corrected chi connectivity index (χ3v) is 5.87. The van der Waals surface area contributed by atoms with Gasteiger partial charge in [-0.2, -0.15) is 4.98 Å². The van der Waals surface area contributed by atoms with Crippen LogP contribution in [0.4, 0.5) is 0 Å². The molecule has 0 bridgehead atoms. The summed E-state index contributed by atoms with van der Waals surface area (Å²) in [6, 6.07) is 17.7. The second-order valence-electron chi connectivity index (χ2n) is 7.74. The molecule has 0 spiro atoms. The maximum absolute atomic E-state index is 13.1. The Balaban J connectivity index is 1.46. The maximum atomic E-state index is 13.1. The fourth-order valence-corrected chi connectivity index (χ4v) is 3.73. The van der Waals surface area contributed by atoms with Gasteiger partial charge < -0.3 is 14.2 Å². The Morgan fingerprint density at radius 2 is 1.90 bits per heavy atom. The molecule has 1 aromatic heterocycles. The van der Waals surface area contributed by atoms with Crippen LogP contribution in [0.3, 0.4) is 0 Å². The predicted molar refractivity (Wildman–Crippen MR) is 114 cm³/mol. The summed E-state index contributed by atoms with van der Waals surface area (Å²) in [6.07, 6.45) is 3.63. The molecule has 1 aliphatic rings. The van der Waals surface area contributed by atoms with E-state index in [1.165, 1.54) is 0 Å². The lowest BCUT2D eigenvalue weighted by Gasteiger charge is -2.35. The molecule has 0 N–H and O–H groups in total. The first-order valence-electron chi connectivity index (χ1n) is 10.5. The third-order valence-electron chi connectivity index (χ3n) is 5.87. The molecule has 0 saturated heterocycles. The monoisotopic (exact) mass is 405 g/mol. The highest BCUT2D eigenvalue weighted by Crippen LogP contribution is 2.32. The van der Waals surface area contributed by atoms with Gasteiger partial charge in [-0.3, -0.25) is 4.79 Å². The van der Waals surface area contributed by atoms with Crippen molar-refractivity contribution in [2.24, 2.45) is 5.92 Å². The molecule has 0 unspecified atom stereocenters. The van der Waals surface area contributed by atoms with Crippen molar-refractivity contribution >= 4 is 5.91 Å². The molecule has 3 aromatic rings. The molecule has 1 heterocycles. The Kier molecular flexibility index (Phi) is 6.12. The molecule has 1 aliphatic carbocycles. The van der Waals surface area contributed by atoms with E-state index in [4.69, 9.17) is 9.26 Å². The van der Waals surface area contributed by atoms with Gasteiger partial charge in [0.15, 0.2) is 0 Å². The molecule has 156 valence electrons. The zero-order chi connectivity index (χ0) is 20.9. The van der Waals surface area contributed by atoms with E-state index in [0.717, 1.165) is 36.1 Å². The van der Waals surface area contributed by atoms with E-state index < -0.39 is 0 Å². The summed E-state index contributed by atoms with van der Waals surface area (Å²) < 4.78 is 10.6. The minimum Gasteiger partial charge on any atom is -0.497 e. The lowest BCUT2D eigenvalue weighted by atomic mass is 9.84. The Morgan fingerprint density at radius 1 is 1.17 bits per heavy atom. The van der Waals surface area contributed by atoms with Crippen LogP contribution in [-0.4, -0.2) is 34.6 Å². The average Bonchev–Trinajstić information content (AvgIpc) is 3.22. The van der Waals surface area contributed by atoms with Gasteiger partial charge in [-0.05, 0) is 49.6 Å². The average molecular weight is 405 g/mol. The van der Waals surface area contributed by atoms with Crippen LogP contribution in [0.5, 0.6) is 5.75 Å². The lowest BCUT2D eigenvalue weighted by molar-refractivity contribution is -0.140. The number of rotatable bonds is 8. The van der Waals surface area contributed by atoms with E-state index in [0.29, 0.717) is 24.7 Å². The second kappa shape index (κ2) is 9.11. The van der Waals surface area contributed by atoms with Gasteiger partial charge in [0.25, 0.3) is 0 Å². The van der Waals surface area contributed by atoms with Gasteiger partial charge in [-0.1, -0.05) is 41.9 Å². The van der Waals surface area contributed by atoms with Crippen molar-refractivity contribution < 1.29 is 14.1 Å². The van der Waals surface area contributed by atoms with Crippen molar-refractivity contribution in [3.8, 4) is 17.1 Å². The molecule has 1 fully saturated rings. The Bertz CT molecular complexity index is 965. The zero-order valence-electron chi connectivity index (χ0n) is 17.5. The van der Waals surface area contributed by atoms with Crippen LogP contribution in [0.15, 0.2) is 59.1 Å². The van der Waals surface area contributed by atoms with Gasteiger partial charge in [0.1, 0.15) is 5.75 Å². The molecule has 4 rings (SSSR count). The Labute approximate surface area is 176 Å². The van der Waals surface area contributed by atoms with E-state index in [1.807, 2.05) is 47.4 Å². The van der Waals surface area contributed by atoms with Gasteiger partial charge in [-0.15, -0.1) is 0 Å². The molecular formula is C24H27N3O3. The van der Waals surface area contributed by atoms with Crippen LogP contribution in [0, 0.1) is 5.92 Å². The van der Waals surface area contributed by atoms with E-state index in [-0.39, 0.29) is 17.9 Å². The molecule has 30 heavy (non-hydrogen) atoms. The molecule has 1 atom stereocenters. The SMILES string of the molecule is COc1ccc(-c2noc(CCN(C(=O)C3CCC3)[C@H](C)c3ccccc3)n2)cc1. The first-order chi connectivity index (χ1) is 14.7. The summed E-state index contributed by atoms with van der Waals surface area (Å²) in [5.41, 5.74) is 2.00. The van der Waals surface area contributed by atoms with Crippen molar-refractivity contribution in [2.75, 3.05) is 13.7 Å². The van der Waals surface area contributed by atoms with Crippen LogP contribution >= 0.6 is 0 Å². The molecule has 6 nitrogen and oxygen atoms in total. The zero-order valence-corrected chi connectivity index (χ0v) is 17.5. The highest BCUT2D eigenvalue weighted by atomic mass is 16.5. The lowest BCUT2D eigenvalue weighted by Crippen LogP contribution is -2.41. The van der Waals surface area contributed by atoms with E-state index in [9.17, 15) is 4.79 Å². The summed E-state index contributed by atoms with van der Waals surface area (Å²) in [5.74, 6) is 2.23. The van der Waals surface area contributed by atoms with E-state index in [1.54, 1.807) is 7.11 Å². The highest BCUT2D eigenvalue weighted by Gasteiger charge is 2.32. The minimum absolute atomic E-state index is 0.00304. The molecule has 0 radical (unpaired) electrons. The van der Waals surface area contributed by atoms with Crippen molar-refractivity contribution in [3.63, 3.8) is 0 Å². The fourth-order valence-electron chi connectivity index (χ4n) is 3.73. The molecule has 2 aromatic carbocycles. The summed E-state index contributed by atoms with van der Waals surface area (Å²) in [5, 5.41) is 4.10. The minimum atomic E-state index is 0.00304. The number of amides is 1. The van der Waals surface area contributed by atoms with Crippen LogP contribution in [-0.2, 0) is 11.2 Å². The van der Waals surface area contributed by atoms with Crippen molar-refractivity contribution in [3.05, 3.63) is 66.1 Å². The van der Waals surface area contributed by atoms with Crippen LogP contribution in [0.25, 0.3) is 11.4 Å². The number of hydrogen-bond donors (Lipinski definition) is 0. The van der Waals surface area contributed by atoms with Gasteiger partial charge in [0.2, 0.25) is 17.6 Å². The Hall–Kier alpha value is -3.15. The number of aromatic nitrogens is 2. The Morgan fingerprint density at radius 3 is 2.53 bits per heavy atom. The first kappa shape index (κ1) is 20.1. The smallest absolute Gasteiger partial charge is 0.228 e. The summed E-state index contributed by atoms with van der Waals surface area (Å²) in [6.45, 7) is 2.64. The number of ether oxygens (including phenoxy) is 1. The van der Waals surface area contributed by atoms with Crippen LogP contribution in [0.1, 0.15) is 43.7 Å². The van der Waals surface area contributed by atoms with E-state index in [2.05, 4.69) is 29.2 Å². The number of carbonyl (C=O) groups excluding carboxylic acids is 1. The number of methoxy groups -OCH3 is 1. The van der Waals surface area contributed by atoms with Gasteiger partial charge in [-0.25, -0.2) is 0 Å². The normalized spacial score (nSPS) is 14.7. The predicted octanol–water partition coefficient (Wildman–Crippen LogP) is 4.68. The third kappa shape index (κ3) is 4.37. The highest BCUT2D eigenvalue weighted by molar-refractivity contribution is 5.80.